The first kappa shape index (κ1) is 23.5. The molecule has 14 heavy (non-hydrogen) atoms. The van der Waals surface area contributed by atoms with Crippen LogP contribution in [0.2, 0.25) is 0 Å². The molecule has 0 atom stereocenters. The second-order valence-corrected chi connectivity index (χ2v) is 1.19. The summed E-state index contributed by atoms with van der Waals surface area (Å²) >= 11 is 0. The average molecular weight is 579 g/mol. The van der Waals surface area contributed by atoms with E-state index in [4.69, 9.17) is 39.6 Å². The molecule has 0 aliphatic heterocycles. The summed E-state index contributed by atoms with van der Waals surface area (Å²) < 4.78 is 0. The van der Waals surface area contributed by atoms with Crippen LogP contribution in [-0.4, -0.2) is 34.1 Å². The largest absolute Gasteiger partial charge is 1.00 e. The third kappa shape index (κ3) is 22.6. The second kappa shape index (κ2) is 12.8. The van der Waals surface area contributed by atoms with Crippen LogP contribution in [0.3, 0.4) is 0 Å². The van der Waals surface area contributed by atoms with Crippen LogP contribution >= 0.6 is 0 Å². The zero-order chi connectivity index (χ0) is 10.3. The fourth-order valence-corrected chi connectivity index (χ4v) is 0. The van der Waals surface area contributed by atoms with Crippen LogP contribution in [0.4, 0.5) is 0 Å². The summed E-state index contributed by atoms with van der Waals surface area (Å²) in [6.45, 7) is 0. The van der Waals surface area contributed by atoms with Gasteiger partial charge in [0.25, 0.3) is 0 Å². The summed E-state index contributed by atoms with van der Waals surface area (Å²) in [5.74, 6) is -8.02. The van der Waals surface area contributed by atoms with E-state index in [1.54, 1.807) is 0 Å². The van der Waals surface area contributed by atoms with Gasteiger partial charge in [-0.2, -0.15) is 0 Å². The van der Waals surface area contributed by atoms with E-state index in [1.165, 1.54) is 0 Å². The van der Waals surface area contributed by atoms with Gasteiger partial charge < -0.3 is 30.0 Å². The van der Waals surface area contributed by atoms with Gasteiger partial charge in [0.2, 0.25) is 0 Å². The van der Waals surface area contributed by atoms with E-state index in [0.29, 0.717) is 0 Å². The molecule has 0 aromatic carbocycles. The van der Waals surface area contributed by atoms with Gasteiger partial charge in [0.15, 0.2) is 0 Å². The van der Waals surface area contributed by atoms with Gasteiger partial charge in [0.05, 0.1) is 11.9 Å². The summed E-state index contributed by atoms with van der Waals surface area (Å²) in [6, 6.07) is 0. The third-order valence-electron chi connectivity index (χ3n) is 0.350. The Balaban J connectivity index is -0.0000000625. The molecule has 0 rings (SSSR count). The van der Waals surface area contributed by atoms with Gasteiger partial charge in [-0.3, -0.25) is 0 Å². The van der Waals surface area contributed by atoms with Crippen molar-refractivity contribution in [2.45, 2.75) is 0 Å². The van der Waals surface area contributed by atoms with Crippen molar-refractivity contribution in [2.75, 3.05) is 0 Å². The number of carbonyl (C=O) groups is 4. The standard InChI is InChI=1S/2C2H2O4.2Hg/c2*3-1(4)2(5)6;;/h2*(H,3,4)(H,5,6);;/q;;2*+1/p-2. The number of carbonyl (C=O) groups excluding carboxylic acids is 2. The monoisotopic (exact) mass is 582 g/mol. The van der Waals surface area contributed by atoms with Crippen molar-refractivity contribution in [3.05, 3.63) is 0 Å². The van der Waals surface area contributed by atoms with Gasteiger partial charge in [-0.05, 0) is 0 Å². The van der Waals surface area contributed by atoms with Gasteiger partial charge in [-0.1, -0.05) is 0 Å². The first-order valence-electron chi connectivity index (χ1n) is 2.17. The van der Waals surface area contributed by atoms with Crippen LogP contribution in [0.1, 0.15) is 0 Å². The predicted molar refractivity (Wildman–Crippen MR) is 25.3 cm³/mol. The summed E-state index contributed by atoms with van der Waals surface area (Å²) in [6.07, 6.45) is 0. The van der Waals surface area contributed by atoms with Crippen molar-refractivity contribution in [3.63, 3.8) is 0 Å². The predicted octanol–water partition coefficient (Wildman–Crippen LogP) is -4.36. The Labute approximate surface area is 118 Å². The minimum atomic E-state index is -2.19. The van der Waals surface area contributed by atoms with Crippen molar-refractivity contribution in [1.82, 2.24) is 0 Å². The van der Waals surface area contributed by atoms with E-state index in [0.717, 1.165) is 0 Å². The third-order valence-corrected chi connectivity index (χ3v) is 0.350. The summed E-state index contributed by atoms with van der Waals surface area (Å²) in [4.78, 5) is 36.1. The van der Waals surface area contributed by atoms with E-state index in [1.807, 2.05) is 0 Å². The van der Waals surface area contributed by atoms with Gasteiger partial charge in [-0.25, -0.2) is 9.59 Å². The van der Waals surface area contributed by atoms with E-state index in [-0.39, 0.29) is 55.3 Å². The Morgan fingerprint density at radius 3 is 0.857 bits per heavy atom. The quantitative estimate of drug-likeness (QED) is 0.216. The van der Waals surface area contributed by atoms with Gasteiger partial charge in [-0.15, -0.1) is 0 Å². The summed E-state index contributed by atoms with van der Waals surface area (Å²) in [5, 5.41) is 32.6. The van der Waals surface area contributed by atoms with E-state index < -0.39 is 23.9 Å². The first-order chi connectivity index (χ1) is 5.29. The number of hydrogen-bond acceptors (Lipinski definition) is 6. The maximum atomic E-state index is 9.10. The van der Waals surface area contributed by atoms with Crippen molar-refractivity contribution in [1.29, 1.82) is 0 Å². The molecule has 0 bridgehead atoms. The minimum absolute atomic E-state index is 0. The molecule has 0 heterocycles. The summed E-state index contributed by atoms with van der Waals surface area (Å²) in [5.41, 5.74) is 0. The molecule has 0 aliphatic carbocycles. The van der Waals surface area contributed by atoms with Gasteiger partial charge >= 0.3 is 67.3 Å². The van der Waals surface area contributed by atoms with Crippen molar-refractivity contribution < 1.29 is 94.9 Å². The molecule has 8 nitrogen and oxygen atoms in total. The zero-order valence-corrected chi connectivity index (χ0v) is 17.8. The molecule has 0 aromatic rings. The molecular weight excluding hydrogens is 577 g/mol. The molecule has 0 spiro atoms. The molecule has 0 saturated carbocycles. The number of carboxylic acid groups (broad SMARTS) is 4. The number of aliphatic carboxylic acids is 4. The summed E-state index contributed by atoms with van der Waals surface area (Å²) in [7, 11) is 0. The Morgan fingerprint density at radius 1 is 0.714 bits per heavy atom. The van der Waals surface area contributed by atoms with E-state index >= 15 is 0 Å². The van der Waals surface area contributed by atoms with E-state index in [9.17, 15) is 0 Å². The molecule has 0 fully saturated rings. The molecule has 0 unspecified atom stereocenters. The van der Waals surface area contributed by atoms with Gasteiger partial charge in [0, 0.05) is 0 Å². The van der Waals surface area contributed by atoms with E-state index in [2.05, 4.69) is 0 Å². The van der Waals surface area contributed by atoms with Crippen molar-refractivity contribution in [2.24, 2.45) is 0 Å². The SMILES string of the molecule is O=C(O)C(=O)O.O=C([O-])C(=O)[O-].[Hg+].[Hg+]. The van der Waals surface area contributed by atoms with Crippen LogP contribution in [0, 0.1) is 0 Å². The maximum absolute atomic E-state index is 9.10. The van der Waals surface area contributed by atoms with Crippen LogP contribution in [-0.2, 0) is 74.5 Å². The van der Waals surface area contributed by atoms with Crippen LogP contribution < -0.4 is 10.2 Å². The normalized spacial score (nSPS) is 6.29. The van der Waals surface area contributed by atoms with Gasteiger partial charge in [0.1, 0.15) is 0 Å². The maximum Gasteiger partial charge on any atom is 1.00 e. The number of rotatable bonds is 0. The van der Waals surface area contributed by atoms with Crippen molar-refractivity contribution >= 4 is 23.9 Å². The average Bonchev–Trinajstić information content (AvgIpc) is 1.88. The first-order valence-corrected chi connectivity index (χ1v) is 2.17. The minimum Gasteiger partial charge on any atom is -0.543 e. The van der Waals surface area contributed by atoms with Crippen molar-refractivity contribution in [3.8, 4) is 0 Å². The Morgan fingerprint density at radius 2 is 0.857 bits per heavy atom. The molecule has 0 aromatic heterocycles. The van der Waals surface area contributed by atoms with Crippen LogP contribution in [0.5, 0.6) is 0 Å². The number of hydrogen-bond donors (Lipinski definition) is 2. The second-order valence-electron chi connectivity index (χ2n) is 1.19. The molecule has 10 heteroatoms. The number of carboxylic acids is 4. The molecule has 0 amide bonds. The topological polar surface area (TPSA) is 155 Å². The Kier molecular flexibility index (Phi) is 21.4. The molecule has 0 aliphatic rings. The molecular formula is C4H2Hg2O8. The van der Waals surface area contributed by atoms with Crippen LogP contribution in [0.15, 0.2) is 0 Å². The molecule has 2 N–H and O–H groups in total. The smallest absolute Gasteiger partial charge is 0.543 e. The molecule has 70 valence electrons. The Bertz CT molecular complexity index is 175. The zero-order valence-electron chi connectivity index (χ0n) is 6.76. The fraction of sp³-hybridized carbons (Fsp3) is 0. The molecule has 2 radical (unpaired) electrons. The van der Waals surface area contributed by atoms with Crippen LogP contribution in [0.25, 0.3) is 0 Å². The molecule has 0 saturated heterocycles. The Hall–Kier alpha value is -0.250. The fourth-order valence-electron chi connectivity index (χ4n) is 0.